The van der Waals surface area contributed by atoms with Crippen molar-refractivity contribution in [2.75, 3.05) is 18.1 Å². The molecule has 0 bridgehead atoms. The lowest BCUT2D eigenvalue weighted by Gasteiger charge is -2.16. The molecule has 0 aliphatic carbocycles. The molecular weight excluding hydrogens is 266 g/mol. The first-order chi connectivity index (χ1) is 8.70. The molecule has 1 aliphatic rings. The molecule has 1 aromatic carbocycles. The fraction of sp³-hybridized carbons (Fsp3) is 0.571. The van der Waals surface area contributed by atoms with E-state index in [4.69, 9.17) is 22.1 Å². The van der Waals surface area contributed by atoms with Crippen molar-refractivity contribution in [2.24, 2.45) is 5.73 Å². The van der Waals surface area contributed by atoms with Crippen LogP contribution in [0.15, 0.2) is 18.2 Å². The SMILES string of the molecule is CC(CCN)c1ccc(OC2CCSC2)c(Cl)c1. The highest BCUT2D eigenvalue weighted by Gasteiger charge is 2.18. The second-order valence-corrected chi connectivity index (χ2v) is 6.33. The lowest BCUT2D eigenvalue weighted by molar-refractivity contribution is 0.229. The van der Waals surface area contributed by atoms with Gasteiger partial charge in [0, 0.05) is 5.75 Å². The smallest absolute Gasteiger partial charge is 0.138 e. The van der Waals surface area contributed by atoms with Crippen molar-refractivity contribution in [2.45, 2.75) is 31.8 Å². The van der Waals surface area contributed by atoms with E-state index in [2.05, 4.69) is 13.0 Å². The maximum absolute atomic E-state index is 6.29. The number of thioether (sulfide) groups is 1. The number of hydrogen-bond acceptors (Lipinski definition) is 3. The summed E-state index contributed by atoms with van der Waals surface area (Å²) < 4.78 is 5.92. The summed E-state index contributed by atoms with van der Waals surface area (Å²) in [7, 11) is 0. The van der Waals surface area contributed by atoms with Crippen LogP contribution < -0.4 is 10.5 Å². The van der Waals surface area contributed by atoms with Crippen molar-refractivity contribution in [3.8, 4) is 5.75 Å². The van der Waals surface area contributed by atoms with Gasteiger partial charge in [-0.05, 0) is 48.8 Å². The molecule has 2 nitrogen and oxygen atoms in total. The number of hydrogen-bond donors (Lipinski definition) is 1. The van der Waals surface area contributed by atoms with Crippen molar-refractivity contribution in [1.29, 1.82) is 0 Å². The van der Waals surface area contributed by atoms with E-state index in [0.29, 0.717) is 23.6 Å². The molecule has 2 rings (SSSR count). The highest BCUT2D eigenvalue weighted by molar-refractivity contribution is 7.99. The summed E-state index contributed by atoms with van der Waals surface area (Å²) in [4.78, 5) is 0. The first-order valence-corrected chi connectivity index (χ1v) is 7.98. The van der Waals surface area contributed by atoms with Gasteiger partial charge >= 0.3 is 0 Å². The maximum atomic E-state index is 6.29. The Labute approximate surface area is 118 Å². The monoisotopic (exact) mass is 285 g/mol. The molecule has 18 heavy (non-hydrogen) atoms. The lowest BCUT2D eigenvalue weighted by atomic mass is 9.98. The van der Waals surface area contributed by atoms with Crippen LogP contribution in [0.25, 0.3) is 0 Å². The van der Waals surface area contributed by atoms with E-state index in [0.717, 1.165) is 24.3 Å². The van der Waals surface area contributed by atoms with Crippen LogP contribution in [0, 0.1) is 0 Å². The van der Waals surface area contributed by atoms with Crippen LogP contribution in [0.1, 0.15) is 31.2 Å². The summed E-state index contributed by atoms with van der Waals surface area (Å²) in [5, 5.41) is 0.716. The normalized spacial score (nSPS) is 20.9. The van der Waals surface area contributed by atoms with Crippen molar-refractivity contribution in [3.63, 3.8) is 0 Å². The number of halogens is 1. The van der Waals surface area contributed by atoms with Gasteiger partial charge in [0.25, 0.3) is 0 Å². The summed E-state index contributed by atoms with van der Waals surface area (Å²) in [6.07, 6.45) is 2.42. The topological polar surface area (TPSA) is 35.2 Å². The average molecular weight is 286 g/mol. The minimum atomic E-state index is 0.319. The molecule has 1 aromatic rings. The fourth-order valence-corrected chi connectivity index (χ4v) is 3.45. The standard InChI is InChI=1S/C14H20ClNOS/c1-10(4-6-16)11-2-3-14(13(15)8-11)17-12-5-7-18-9-12/h2-3,8,10,12H,4-7,9,16H2,1H3. The molecule has 2 unspecified atom stereocenters. The van der Waals surface area contributed by atoms with Crippen LogP contribution in [0.5, 0.6) is 5.75 Å². The van der Waals surface area contributed by atoms with E-state index < -0.39 is 0 Å². The molecule has 0 aromatic heterocycles. The van der Waals surface area contributed by atoms with Crippen molar-refractivity contribution >= 4 is 23.4 Å². The van der Waals surface area contributed by atoms with Crippen LogP contribution in [-0.4, -0.2) is 24.2 Å². The van der Waals surface area contributed by atoms with Gasteiger partial charge in [-0.15, -0.1) is 0 Å². The minimum absolute atomic E-state index is 0.319. The van der Waals surface area contributed by atoms with Gasteiger partial charge in [-0.3, -0.25) is 0 Å². The molecule has 1 aliphatic heterocycles. The maximum Gasteiger partial charge on any atom is 0.138 e. The highest BCUT2D eigenvalue weighted by atomic mass is 35.5. The van der Waals surface area contributed by atoms with E-state index in [1.165, 1.54) is 11.3 Å². The van der Waals surface area contributed by atoms with E-state index in [1.54, 1.807) is 0 Å². The summed E-state index contributed by atoms with van der Waals surface area (Å²) in [5.41, 5.74) is 6.82. The molecular formula is C14H20ClNOS. The molecule has 0 amide bonds. The molecule has 1 heterocycles. The van der Waals surface area contributed by atoms with Gasteiger partial charge in [0.05, 0.1) is 5.02 Å². The lowest BCUT2D eigenvalue weighted by Crippen LogP contribution is -2.15. The zero-order valence-electron chi connectivity index (χ0n) is 10.7. The Morgan fingerprint density at radius 2 is 2.39 bits per heavy atom. The molecule has 2 atom stereocenters. The predicted molar refractivity (Wildman–Crippen MR) is 79.9 cm³/mol. The van der Waals surface area contributed by atoms with E-state index in [-0.39, 0.29) is 0 Å². The largest absolute Gasteiger partial charge is 0.488 e. The number of ether oxygens (including phenoxy) is 1. The van der Waals surface area contributed by atoms with Gasteiger partial charge in [-0.2, -0.15) is 11.8 Å². The van der Waals surface area contributed by atoms with Gasteiger partial charge < -0.3 is 10.5 Å². The van der Waals surface area contributed by atoms with Crippen LogP contribution in [0.4, 0.5) is 0 Å². The van der Waals surface area contributed by atoms with Gasteiger partial charge in [0.2, 0.25) is 0 Å². The van der Waals surface area contributed by atoms with Gasteiger partial charge in [0.1, 0.15) is 11.9 Å². The zero-order chi connectivity index (χ0) is 13.0. The van der Waals surface area contributed by atoms with Gasteiger partial charge in [-0.25, -0.2) is 0 Å². The number of rotatable bonds is 5. The number of benzene rings is 1. The van der Waals surface area contributed by atoms with Crippen molar-refractivity contribution in [1.82, 2.24) is 0 Å². The molecule has 0 saturated carbocycles. The number of nitrogens with two attached hydrogens (primary N) is 1. The summed E-state index contributed by atoms with van der Waals surface area (Å²) >= 11 is 8.23. The van der Waals surface area contributed by atoms with Crippen molar-refractivity contribution < 1.29 is 4.74 Å². The average Bonchev–Trinajstić information content (AvgIpc) is 2.85. The molecule has 1 fully saturated rings. The second kappa shape index (κ2) is 6.69. The third-order valence-corrected chi connectivity index (χ3v) is 4.73. The molecule has 0 spiro atoms. The Bertz CT molecular complexity index is 393. The van der Waals surface area contributed by atoms with E-state index >= 15 is 0 Å². The van der Waals surface area contributed by atoms with Crippen LogP contribution >= 0.6 is 23.4 Å². The molecule has 2 N–H and O–H groups in total. The van der Waals surface area contributed by atoms with Gasteiger partial charge in [0.15, 0.2) is 0 Å². The first kappa shape index (κ1) is 14.0. The first-order valence-electron chi connectivity index (χ1n) is 6.44. The fourth-order valence-electron chi connectivity index (χ4n) is 2.12. The van der Waals surface area contributed by atoms with E-state index in [1.807, 2.05) is 23.9 Å². The molecule has 4 heteroatoms. The summed E-state index contributed by atoms with van der Waals surface area (Å²) in [6.45, 7) is 2.88. The van der Waals surface area contributed by atoms with Crippen molar-refractivity contribution in [3.05, 3.63) is 28.8 Å². The Hall–Kier alpha value is -0.380. The van der Waals surface area contributed by atoms with Gasteiger partial charge in [-0.1, -0.05) is 24.6 Å². The highest BCUT2D eigenvalue weighted by Crippen LogP contribution is 2.32. The molecule has 100 valence electrons. The third kappa shape index (κ3) is 3.56. The molecule has 0 radical (unpaired) electrons. The second-order valence-electron chi connectivity index (χ2n) is 4.77. The summed E-state index contributed by atoms with van der Waals surface area (Å²) in [6, 6.07) is 6.11. The minimum Gasteiger partial charge on any atom is -0.488 e. The van der Waals surface area contributed by atoms with Crippen LogP contribution in [-0.2, 0) is 0 Å². The Morgan fingerprint density at radius 1 is 1.56 bits per heavy atom. The third-order valence-electron chi connectivity index (χ3n) is 3.31. The van der Waals surface area contributed by atoms with Crippen LogP contribution in [0.3, 0.4) is 0 Å². The Balaban J connectivity index is 2.04. The Kier molecular flexibility index (Phi) is 5.22. The Morgan fingerprint density at radius 3 is 3.00 bits per heavy atom. The quantitative estimate of drug-likeness (QED) is 0.896. The molecule has 1 saturated heterocycles. The van der Waals surface area contributed by atoms with E-state index in [9.17, 15) is 0 Å². The van der Waals surface area contributed by atoms with Crippen LogP contribution in [0.2, 0.25) is 5.02 Å². The summed E-state index contributed by atoms with van der Waals surface area (Å²) in [5.74, 6) is 3.52. The zero-order valence-corrected chi connectivity index (χ0v) is 12.3. The predicted octanol–water partition coefficient (Wildman–Crippen LogP) is 3.68.